The summed E-state index contributed by atoms with van der Waals surface area (Å²) in [5, 5.41) is 3.27. The Balaban J connectivity index is 2.36. The Hall–Kier alpha value is -1.11. The fraction of sp³-hybridized carbons (Fsp3) is 0.571. The molecule has 1 atom stereocenters. The number of ether oxygens (including phenoxy) is 1. The third kappa shape index (κ3) is 3.13. The van der Waals surface area contributed by atoms with Gasteiger partial charge in [-0.05, 0) is 12.5 Å². The van der Waals surface area contributed by atoms with Gasteiger partial charge >= 0.3 is 0 Å². The van der Waals surface area contributed by atoms with E-state index in [2.05, 4.69) is 5.32 Å². The van der Waals surface area contributed by atoms with Crippen molar-refractivity contribution in [3.05, 3.63) is 29.8 Å². The van der Waals surface area contributed by atoms with Crippen molar-refractivity contribution in [2.75, 3.05) is 32.5 Å². The van der Waals surface area contributed by atoms with Crippen LogP contribution in [-0.2, 0) is 10.0 Å². The smallest absolute Gasteiger partial charge is 0.214 e. The molecule has 1 aliphatic heterocycles. The van der Waals surface area contributed by atoms with E-state index in [1.165, 1.54) is 0 Å². The van der Waals surface area contributed by atoms with Gasteiger partial charge in [0.2, 0.25) is 10.0 Å². The zero-order valence-electron chi connectivity index (χ0n) is 12.0. The van der Waals surface area contributed by atoms with Crippen LogP contribution in [0.1, 0.15) is 24.9 Å². The zero-order chi connectivity index (χ0) is 14.6. The van der Waals surface area contributed by atoms with E-state index < -0.39 is 10.0 Å². The molecule has 1 saturated heterocycles. The van der Waals surface area contributed by atoms with Gasteiger partial charge in [0.1, 0.15) is 5.75 Å². The van der Waals surface area contributed by atoms with Crippen LogP contribution < -0.4 is 10.1 Å². The fourth-order valence-electron chi connectivity index (χ4n) is 2.60. The highest BCUT2D eigenvalue weighted by molar-refractivity contribution is 7.89. The van der Waals surface area contributed by atoms with Crippen LogP contribution in [0.3, 0.4) is 0 Å². The van der Waals surface area contributed by atoms with E-state index >= 15 is 0 Å². The van der Waals surface area contributed by atoms with E-state index in [1.54, 1.807) is 11.4 Å². The lowest BCUT2D eigenvalue weighted by Crippen LogP contribution is -2.49. The van der Waals surface area contributed by atoms with E-state index in [1.807, 2.05) is 31.2 Å². The van der Waals surface area contributed by atoms with Crippen LogP contribution >= 0.6 is 0 Å². The highest BCUT2D eigenvalue weighted by Gasteiger charge is 2.33. The van der Waals surface area contributed by atoms with Crippen molar-refractivity contribution in [1.29, 1.82) is 0 Å². The first-order valence-corrected chi connectivity index (χ1v) is 8.54. The number of sulfonamides is 1. The molecule has 1 fully saturated rings. The van der Waals surface area contributed by atoms with Gasteiger partial charge in [-0.2, -0.15) is 4.31 Å². The summed E-state index contributed by atoms with van der Waals surface area (Å²) in [4.78, 5) is 0. The Bertz CT molecular complexity index is 545. The minimum Gasteiger partial charge on any atom is -0.496 e. The number of hydrogen-bond donors (Lipinski definition) is 1. The molecular formula is C14H22N2O3S. The third-order valence-electron chi connectivity index (χ3n) is 3.51. The molecule has 0 saturated carbocycles. The van der Waals surface area contributed by atoms with E-state index in [9.17, 15) is 8.42 Å². The van der Waals surface area contributed by atoms with E-state index in [4.69, 9.17) is 4.74 Å². The van der Waals surface area contributed by atoms with Crippen LogP contribution in [0.4, 0.5) is 0 Å². The predicted molar refractivity (Wildman–Crippen MR) is 79.4 cm³/mol. The molecule has 1 N–H and O–H groups in total. The van der Waals surface area contributed by atoms with Crippen LogP contribution in [0.2, 0.25) is 0 Å². The van der Waals surface area contributed by atoms with E-state index in [-0.39, 0.29) is 11.8 Å². The minimum absolute atomic E-state index is 0.193. The summed E-state index contributed by atoms with van der Waals surface area (Å²) in [6.07, 6.45) is 0.630. The maximum atomic E-state index is 12.4. The number of nitrogens with zero attached hydrogens (tertiary/aromatic N) is 1. The van der Waals surface area contributed by atoms with Crippen molar-refractivity contribution in [2.45, 2.75) is 19.4 Å². The number of benzene rings is 1. The first kappa shape index (κ1) is 15.3. The van der Waals surface area contributed by atoms with Gasteiger partial charge in [0.15, 0.2) is 0 Å². The molecule has 1 aromatic carbocycles. The highest BCUT2D eigenvalue weighted by Crippen LogP contribution is 2.32. The standard InChI is InChI=1S/C14H22N2O3S/c1-3-10-20(17,18)16-9-8-15-11-13(16)12-6-4-5-7-14(12)19-2/h4-7,13,15H,3,8-11H2,1-2H3. The summed E-state index contributed by atoms with van der Waals surface area (Å²) in [6, 6.07) is 7.41. The molecule has 0 aliphatic carbocycles. The van der Waals surface area contributed by atoms with Crippen molar-refractivity contribution < 1.29 is 13.2 Å². The van der Waals surface area contributed by atoms with Crippen LogP contribution in [0.25, 0.3) is 0 Å². The average molecular weight is 298 g/mol. The molecule has 1 unspecified atom stereocenters. The lowest BCUT2D eigenvalue weighted by atomic mass is 10.0. The van der Waals surface area contributed by atoms with Gasteiger partial charge in [-0.25, -0.2) is 8.42 Å². The summed E-state index contributed by atoms with van der Waals surface area (Å²) in [5.41, 5.74) is 0.918. The number of rotatable bonds is 5. The fourth-order valence-corrected chi connectivity index (χ4v) is 4.30. The Morgan fingerprint density at radius 3 is 2.85 bits per heavy atom. The molecule has 1 aliphatic rings. The molecule has 1 aromatic rings. The Labute approximate surface area is 121 Å². The monoisotopic (exact) mass is 298 g/mol. The Morgan fingerprint density at radius 1 is 1.40 bits per heavy atom. The molecule has 20 heavy (non-hydrogen) atoms. The van der Waals surface area contributed by atoms with Gasteiger partial charge in [0, 0.05) is 25.2 Å². The maximum Gasteiger partial charge on any atom is 0.214 e. The summed E-state index contributed by atoms with van der Waals surface area (Å²) >= 11 is 0. The molecule has 2 rings (SSSR count). The normalized spacial score (nSPS) is 20.8. The zero-order valence-corrected chi connectivity index (χ0v) is 12.8. The lowest BCUT2D eigenvalue weighted by molar-refractivity contribution is 0.264. The molecule has 1 heterocycles. The number of piperazine rings is 1. The molecule has 5 nitrogen and oxygen atoms in total. The molecule has 0 amide bonds. The van der Waals surface area contributed by atoms with Crippen molar-refractivity contribution in [2.24, 2.45) is 0 Å². The average Bonchev–Trinajstić information content (AvgIpc) is 2.47. The van der Waals surface area contributed by atoms with Gasteiger partial charge < -0.3 is 10.1 Å². The third-order valence-corrected chi connectivity index (χ3v) is 5.59. The second-order valence-electron chi connectivity index (χ2n) is 4.89. The summed E-state index contributed by atoms with van der Waals surface area (Å²) < 4.78 is 31.8. The highest BCUT2D eigenvalue weighted by atomic mass is 32.2. The second kappa shape index (κ2) is 6.56. The molecule has 0 spiro atoms. The van der Waals surface area contributed by atoms with Gasteiger partial charge in [-0.3, -0.25) is 0 Å². The quantitative estimate of drug-likeness (QED) is 0.892. The molecule has 6 heteroatoms. The van der Waals surface area contributed by atoms with Gasteiger partial charge in [-0.1, -0.05) is 25.1 Å². The summed E-state index contributed by atoms with van der Waals surface area (Å²) in [6.45, 7) is 3.70. The van der Waals surface area contributed by atoms with Gasteiger partial charge in [0.25, 0.3) is 0 Å². The Kier molecular flexibility index (Phi) is 5.01. The molecule has 0 radical (unpaired) electrons. The first-order chi connectivity index (χ1) is 9.60. The summed E-state index contributed by atoms with van der Waals surface area (Å²) in [7, 11) is -1.61. The second-order valence-corrected chi connectivity index (χ2v) is 6.93. The predicted octanol–water partition coefficient (Wildman–Crippen LogP) is 1.38. The van der Waals surface area contributed by atoms with Crippen molar-refractivity contribution >= 4 is 10.0 Å². The van der Waals surface area contributed by atoms with Gasteiger partial charge in [0.05, 0.1) is 18.9 Å². The van der Waals surface area contributed by atoms with Crippen LogP contribution in [0.5, 0.6) is 5.75 Å². The molecule has 0 aromatic heterocycles. The molecule has 112 valence electrons. The van der Waals surface area contributed by atoms with Crippen LogP contribution in [0, 0.1) is 0 Å². The van der Waals surface area contributed by atoms with E-state index in [0.29, 0.717) is 26.1 Å². The van der Waals surface area contributed by atoms with Crippen LogP contribution in [0.15, 0.2) is 24.3 Å². The number of hydrogen-bond acceptors (Lipinski definition) is 4. The SMILES string of the molecule is CCCS(=O)(=O)N1CCNCC1c1ccccc1OC. The molecule has 0 bridgehead atoms. The van der Waals surface area contributed by atoms with E-state index in [0.717, 1.165) is 11.3 Å². The van der Waals surface area contributed by atoms with Gasteiger partial charge in [-0.15, -0.1) is 0 Å². The largest absolute Gasteiger partial charge is 0.496 e. The van der Waals surface area contributed by atoms with Crippen LogP contribution in [-0.4, -0.2) is 45.2 Å². The van der Waals surface area contributed by atoms with Crippen molar-refractivity contribution in [1.82, 2.24) is 9.62 Å². The number of methoxy groups -OCH3 is 1. The molecular weight excluding hydrogens is 276 g/mol. The minimum atomic E-state index is -3.22. The number of para-hydroxylation sites is 1. The van der Waals surface area contributed by atoms with Crippen molar-refractivity contribution in [3.63, 3.8) is 0 Å². The number of nitrogens with one attached hydrogen (secondary N) is 1. The first-order valence-electron chi connectivity index (χ1n) is 6.93. The Morgan fingerprint density at radius 2 is 2.15 bits per heavy atom. The lowest BCUT2D eigenvalue weighted by Gasteiger charge is -2.36. The maximum absolute atomic E-state index is 12.4. The van der Waals surface area contributed by atoms with Crippen molar-refractivity contribution in [3.8, 4) is 5.75 Å². The topological polar surface area (TPSA) is 58.6 Å². The summed E-state index contributed by atoms with van der Waals surface area (Å²) in [5.74, 6) is 0.927.